The number of hydrogen-bond donors (Lipinski definition) is 0. The van der Waals surface area contributed by atoms with Crippen LogP contribution < -0.4 is 0 Å². The zero-order valence-corrected chi connectivity index (χ0v) is 8.96. The van der Waals surface area contributed by atoms with E-state index in [0.29, 0.717) is 18.4 Å². The molecule has 1 aromatic rings. The van der Waals surface area contributed by atoms with E-state index in [1.165, 1.54) is 12.1 Å². The summed E-state index contributed by atoms with van der Waals surface area (Å²) in [5.74, 6) is 0.662. The second-order valence-electron chi connectivity index (χ2n) is 3.86. The van der Waals surface area contributed by atoms with Gasteiger partial charge in [-0.15, -0.1) is 0 Å². The Balaban J connectivity index is 2.82. The summed E-state index contributed by atoms with van der Waals surface area (Å²) in [6.45, 7) is 4.98. The first-order valence-electron chi connectivity index (χ1n) is 4.89. The highest BCUT2D eigenvalue weighted by Crippen LogP contribution is 2.24. The normalized spacial score (nSPS) is 13.2. The molecule has 14 heavy (non-hydrogen) atoms. The summed E-state index contributed by atoms with van der Waals surface area (Å²) in [5.41, 5.74) is 1.14. The fourth-order valence-electron chi connectivity index (χ4n) is 1.56. The number of halogens is 1. The van der Waals surface area contributed by atoms with Gasteiger partial charge in [-0.05, 0) is 23.6 Å². The van der Waals surface area contributed by atoms with Gasteiger partial charge in [-0.2, -0.15) is 0 Å². The van der Waals surface area contributed by atoms with Crippen LogP contribution in [-0.2, 0) is 4.74 Å². The van der Waals surface area contributed by atoms with E-state index in [1.807, 2.05) is 12.1 Å². The minimum atomic E-state index is -0.186. The molecule has 0 aliphatic heterocycles. The summed E-state index contributed by atoms with van der Waals surface area (Å²) in [5, 5.41) is 0. The lowest BCUT2D eigenvalue weighted by Crippen LogP contribution is -2.12. The quantitative estimate of drug-likeness (QED) is 0.718. The Hall–Kier alpha value is -0.890. The molecule has 1 nitrogen and oxygen atoms in total. The molecule has 0 saturated heterocycles. The summed E-state index contributed by atoms with van der Waals surface area (Å²) in [6, 6.07) is 6.67. The molecular weight excluding hydrogens is 179 g/mol. The minimum absolute atomic E-state index is 0.186. The molecule has 0 bridgehead atoms. The molecule has 78 valence electrons. The molecule has 0 aromatic heterocycles. The van der Waals surface area contributed by atoms with Crippen LogP contribution in [0.4, 0.5) is 4.39 Å². The summed E-state index contributed by atoms with van der Waals surface area (Å²) in [7, 11) is 1.69. The number of hydrogen-bond acceptors (Lipinski definition) is 1. The third kappa shape index (κ3) is 2.81. The molecule has 0 aliphatic rings. The van der Waals surface area contributed by atoms with Gasteiger partial charge < -0.3 is 4.74 Å². The Kier molecular flexibility index (Phi) is 4.08. The number of benzene rings is 1. The topological polar surface area (TPSA) is 9.23 Å². The van der Waals surface area contributed by atoms with Crippen molar-refractivity contribution in [1.29, 1.82) is 0 Å². The molecule has 0 spiro atoms. The maximum absolute atomic E-state index is 12.7. The van der Waals surface area contributed by atoms with E-state index in [-0.39, 0.29) is 5.82 Å². The van der Waals surface area contributed by atoms with Gasteiger partial charge in [0.15, 0.2) is 0 Å². The van der Waals surface area contributed by atoms with Gasteiger partial charge in [-0.25, -0.2) is 4.39 Å². The van der Waals surface area contributed by atoms with Crippen LogP contribution in [0.3, 0.4) is 0 Å². The lowest BCUT2D eigenvalue weighted by Gasteiger charge is -2.20. The van der Waals surface area contributed by atoms with Gasteiger partial charge in [0.25, 0.3) is 0 Å². The lowest BCUT2D eigenvalue weighted by molar-refractivity contribution is 0.162. The first kappa shape index (κ1) is 11.2. The van der Waals surface area contributed by atoms with Crippen LogP contribution in [0.15, 0.2) is 24.3 Å². The Bertz CT molecular complexity index is 266. The highest BCUT2D eigenvalue weighted by atomic mass is 19.1. The van der Waals surface area contributed by atoms with Crippen molar-refractivity contribution in [3.05, 3.63) is 35.6 Å². The van der Waals surface area contributed by atoms with Crippen LogP contribution in [-0.4, -0.2) is 13.7 Å². The van der Waals surface area contributed by atoms with Crippen molar-refractivity contribution in [2.45, 2.75) is 19.8 Å². The molecule has 0 aliphatic carbocycles. The van der Waals surface area contributed by atoms with Crippen molar-refractivity contribution in [3.8, 4) is 0 Å². The highest BCUT2D eigenvalue weighted by molar-refractivity contribution is 5.21. The Morgan fingerprint density at radius 2 is 1.79 bits per heavy atom. The zero-order valence-electron chi connectivity index (χ0n) is 8.96. The molecular formula is C12H17FO. The number of rotatable bonds is 4. The van der Waals surface area contributed by atoms with Crippen molar-refractivity contribution in [2.75, 3.05) is 13.7 Å². The van der Waals surface area contributed by atoms with Crippen molar-refractivity contribution in [2.24, 2.45) is 5.92 Å². The van der Waals surface area contributed by atoms with Crippen LogP contribution in [0, 0.1) is 11.7 Å². The molecule has 1 unspecified atom stereocenters. The first-order valence-corrected chi connectivity index (χ1v) is 4.89. The molecule has 0 N–H and O–H groups in total. The van der Waals surface area contributed by atoms with Gasteiger partial charge in [0.1, 0.15) is 5.82 Å². The summed E-state index contributed by atoms with van der Waals surface area (Å²) >= 11 is 0. The molecule has 2 heteroatoms. The third-order valence-electron chi connectivity index (χ3n) is 2.45. The van der Waals surface area contributed by atoms with Crippen molar-refractivity contribution >= 4 is 0 Å². The highest BCUT2D eigenvalue weighted by Gasteiger charge is 2.15. The summed E-state index contributed by atoms with van der Waals surface area (Å²) < 4.78 is 17.9. The van der Waals surface area contributed by atoms with Crippen LogP contribution in [0.2, 0.25) is 0 Å². The number of ether oxygens (including phenoxy) is 1. The first-order chi connectivity index (χ1) is 6.65. The largest absolute Gasteiger partial charge is 0.384 e. The Morgan fingerprint density at radius 1 is 1.21 bits per heavy atom. The van der Waals surface area contributed by atoms with Crippen molar-refractivity contribution in [1.82, 2.24) is 0 Å². The monoisotopic (exact) mass is 196 g/mol. The van der Waals surface area contributed by atoms with E-state index < -0.39 is 0 Å². The second kappa shape index (κ2) is 5.11. The molecule has 0 heterocycles. The van der Waals surface area contributed by atoms with E-state index in [1.54, 1.807) is 7.11 Å². The molecule has 0 radical (unpaired) electrons. The average molecular weight is 196 g/mol. The van der Waals surface area contributed by atoms with Crippen LogP contribution in [0.5, 0.6) is 0 Å². The van der Waals surface area contributed by atoms with Gasteiger partial charge in [0.2, 0.25) is 0 Å². The molecule has 0 saturated carbocycles. The molecule has 0 fully saturated rings. The lowest BCUT2D eigenvalue weighted by atomic mass is 9.89. The second-order valence-corrected chi connectivity index (χ2v) is 3.86. The van der Waals surface area contributed by atoms with Crippen LogP contribution in [0.25, 0.3) is 0 Å². The van der Waals surface area contributed by atoms with Gasteiger partial charge in [-0.1, -0.05) is 26.0 Å². The summed E-state index contributed by atoms with van der Waals surface area (Å²) in [4.78, 5) is 0. The summed E-state index contributed by atoms with van der Waals surface area (Å²) in [6.07, 6.45) is 0. The van der Waals surface area contributed by atoms with E-state index in [0.717, 1.165) is 5.56 Å². The van der Waals surface area contributed by atoms with E-state index >= 15 is 0 Å². The van der Waals surface area contributed by atoms with Gasteiger partial charge >= 0.3 is 0 Å². The average Bonchev–Trinajstić information content (AvgIpc) is 2.15. The standard InChI is InChI=1S/C12H17FO/c1-9(2)12(8-14-3)10-4-6-11(13)7-5-10/h4-7,9,12H,8H2,1-3H3. The maximum atomic E-state index is 12.7. The van der Waals surface area contributed by atoms with Gasteiger partial charge in [0, 0.05) is 13.0 Å². The molecule has 1 rings (SSSR count). The molecule has 0 amide bonds. The number of methoxy groups -OCH3 is 1. The third-order valence-corrected chi connectivity index (χ3v) is 2.45. The fourth-order valence-corrected chi connectivity index (χ4v) is 1.56. The predicted octanol–water partition coefficient (Wildman–Crippen LogP) is 3.21. The molecule has 1 atom stereocenters. The maximum Gasteiger partial charge on any atom is 0.123 e. The minimum Gasteiger partial charge on any atom is -0.384 e. The van der Waals surface area contributed by atoms with Gasteiger partial charge in [-0.3, -0.25) is 0 Å². The fraction of sp³-hybridized carbons (Fsp3) is 0.500. The van der Waals surface area contributed by atoms with Crippen LogP contribution in [0.1, 0.15) is 25.3 Å². The predicted molar refractivity (Wildman–Crippen MR) is 55.9 cm³/mol. The SMILES string of the molecule is COCC(c1ccc(F)cc1)C(C)C. The van der Waals surface area contributed by atoms with E-state index in [9.17, 15) is 4.39 Å². The zero-order chi connectivity index (χ0) is 10.6. The van der Waals surface area contributed by atoms with Crippen molar-refractivity contribution < 1.29 is 9.13 Å². The van der Waals surface area contributed by atoms with E-state index in [2.05, 4.69) is 13.8 Å². The van der Waals surface area contributed by atoms with Crippen molar-refractivity contribution in [3.63, 3.8) is 0 Å². The van der Waals surface area contributed by atoms with Gasteiger partial charge in [0.05, 0.1) is 6.61 Å². The van der Waals surface area contributed by atoms with E-state index in [4.69, 9.17) is 4.74 Å². The smallest absolute Gasteiger partial charge is 0.123 e. The van der Waals surface area contributed by atoms with Crippen LogP contribution >= 0.6 is 0 Å². The Labute approximate surface area is 84.9 Å². The Morgan fingerprint density at radius 3 is 2.21 bits per heavy atom. The molecule has 1 aromatic carbocycles.